The van der Waals surface area contributed by atoms with Gasteiger partial charge in [-0.1, -0.05) is 6.07 Å². The Morgan fingerprint density at radius 3 is 3.25 bits per heavy atom. The van der Waals surface area contributed by atoms with Crippen LogP contribution in [0.3, 0.4) is 0 Å². The van der Waals surface area contributed by atoms with Crippen molar-refractivity contribution in [2.45, 2.75) is 12.5 Å². The average Bonchev–Trinajstić information content (AvgIpc) is 2.31. The summed E-state index contributed by atoms with van der Waals surface area (Å²) >= 11 is 1.89. The van der Waals surface area contributed by atoms with E-state index in [9.17, 15) is 4.79 Å². The Morgan fingerprint density at radius 2 is 2.56 bits per heavy atom. The first kappa shape index (κ1) is 11.4. The summed E-state index contributed by atoms with van der Waals surface area (Å²) in [4.78, 5) is 15.7. The first-order valence-corrected chi connectivity index (χ1v) is 6.52. The van der Waals surface area contributed by atoms with Crippen molar-refractivity contribution >= 4 is 23.5 Å². The number of thioether (sulfide) groups is 1. The molecule has 0 spiro atoms. The van der Waals surface area contributed by atoms with Gasteiger partial charge in [0, 0.05) is 36.7 Å². The van der Waals surface area contributed by atoms with E-state index in [4.69, 9.17) is 0 Å². The third-order valence-electron chi connectivity index (χ3n) is 2.36. The predicted molar refractivity (Wildman–Crippen MR) is 66.6 cm³/mol. The van der Waals surface area contributed by atoms with Crippen molar-refractivity contribution < 1.29 is 4.79 Å². The fourth-order valence-corrected chi connectivity index (χ4v) is 2.55. The van der Waals surface area contributed by atoms with Gasteiger partial charge in [-0.15, -0.1) is 0 Å². The van der Waals surface area contributed by atoms with Gasteiger partial charge < -0.3 is 10.6 Å². The SMILES string of the molecule is O=C(CC1CSCCN1)Nc1ccccn1. The number of rotatable bonds is 3. The Morgan fingerprint density at radius 1 is 1.62 bits per heavy atom. The van der Waals surface area contributed by atoms with Crippen LogP contribution in [0, 0.1) is 0 Å². The van der Waals surface area contributed by atoms with Gasteiger partial charge in [0.15, 0.2) is 0 Å². The molecule has 2 N–H and O–H groups in total. The third kappa shape index (κ3) is 3.50. The molecule has 1 fully saturated rings. The molecular weight excluding hydrogens is 222 g/mol. The number of aromatic nitrogens is 1. The van der Waals surface area contributed by atoms with Gasteiger partial charge in [0.2, 0.25) is 5.91 Å². The van der Waals surface area contributed by atoms with Gasteiger partial charge in [0.1, 0.15) is 5.82 Å². The molecule has 0 aliphatic carbocycles. The molecule has 1 unspecified atom stereocenters. The van der Waals surface area contributed by atoms with Crippen molar-refractivity contribution in [3.8, 4) is 0 Å². The Labute approximate surface area is 99.2 Å². The number of nitrogens with zero attached hydrogens (tertiary/aromatic N) is 1. The molecule has 1 atom stereocenters. The summed E-state index contributed by atoms with van der Waals surface area (Å²) in [6, 6.07) is 5.77. The van der Waals surface area contributed by atoms with Crippen molar-refractivity contribution in [2.24, 2.45) is 0 Å². The minimum absolute atomic E-state index is 0.0266. The Kier molecular flexibility index (Phi) is 4.18. The zero-order valence-corrected chi connectivity index (χ0v) is 9.80. The standard InChI is InChI=1S/C11H15N3OS/c15-11(7-9-8-16-6-5-12-9)14-10-3-1-2-4-13-10/h1-4,9,12H,5-8H2,(H,13,14,15). The fourth-order valence-electron chi connectivity index (χ4n) is 1.61. The summed E-state index contributed by atoms with van der Waals surface area (Å²) in [5, 5.41) is 6.12. The van der Waals surface area contributed by atoms with Gasteiger partial charge in [0.05, 0.1) is 0 Å². The second-order valence-electron chi connectivity index (χ2n) is 3.69. The lowest BCUT2D eigenvalue weighted by Gasteiger charge is -2.22. The maximum atomic E-state index is 11.7. The molecule has 2 rings (SSSR count). The molecule has 1 saturated heterocycles. The van der Waals surface area contributed by atoms with Crippen LogP contribution in [0.4, 0.5) is 5.82 Å². The maximum Gasteiger partial charge on any atom is 0.227 e. The number of pyridine rings is 1. The summed E-state index contributed by atoms with van der Waals surface area (Å²) in [5.41, 5.74) is 0. The smallest absolute Gasteiger partial charge is 0.227 e. The molecule has 0 aromatic carbocycles. The number of nitrogens with one attached hydrogen (secondary N) is 2. The van der Waals surface area contributed by atoms with Gasteiger partial charge in [-0.2, -0.15) is 11.8 Å². The minimum atomic E-state index is 0.0266. The highest BCUT2D eigenvalue weighted by atomic mass is 32.2. The molecule has 1 aromatic rings. The van der Waals surface area contributed by atoms with Crippen LogP contribution in [0.25, 0.3) is 0 Å². The summed E-state index contributed by atoms with van der Waals surface area (Å²) in [6.07, 6.45) is 2.19. The van der Waals surface area contributed by atoms with Gasteiger partial charge in [-0.05, 0) is 12.1 Å². The van der Waals surface area contributed by atoms with E-state index in [0.29, 0.717) is 18.3 Å². The Hall–Kier alpha value is -1.07. The number of amides is 1. The largest absolute Gasteiger partial charge is 0.312 e. The van der Waals surface area contributed by atoms with Crippen molar-refractivity contribution in [1.29, 1.82) is 0 Å². The zero-order valence-electron chi connectivity index (χ0n) is 8.98. The number of hydrogen-bond acceptors (Lipinski definition) is 4. The monoisotopic (exact) mass is 237 g/mol. The highest BCUT2D eigenvalue weighted by Gasteiger charge is 2.16. The van der Waals surface area contributed by atoms with E-state index < -0.39 is 0 Å². The summed E-state index contributed by atoms with van der Waals surface area (Å²) in [5.74, 6) is 2.79. The molecule has 5 heteroatoms. The first-order valence-electron chi connectivity index (χ1n) is 5.36. The summed E-state index contributed by atoms with van der Waals surface area (Å²) in [6.45, 7) is 0.992. The van der Waals surface area contributed by atoms with Gasteiger partial charge in [-0.3, -0.25) is 4.79 Å². The lowest BCUT2D eigenvalue weighted by atomic mass is 10.2. The van der Waals surface area contributed by atoms with E-state index in [2.05, 4.69) is 15.6 Å². The normalized spacial score (nSPS) is 20.4. The molecule has 0 radical (unpaired) electrons. The number of anilines is 1. The predicted octanol–water partition coefficient (Wildman–Crippen LogP) is 1.12. The van der Waals surface area contributed by atoms with Crippen molar-refractivity contribution in [1.82, 2.24) is 10.3 Å². The molecule has 0 saturated carbocycles. The van der Waals surface area contributed by atoms with Crippen LogP contribution in [-0.2, 0) is 4.79 Å². The van der Waals surface area contributed by atoms with E-state index in [1.54, 1.807) is 12.3 Å². The van der Waals surface area contributed by atoms with Crippen LogP contribution in [-0.4, -0.2) is 35.0 Å². The van der Waals surface area contributed by atoms with E-state index in [1.165, 1.54) is 0 Å². The second-order valence-corrected chi connectivity index (χ2v) is 4.84. The zero-order chi connectivity index (χ0) is 11.2. The van der Waals surface area contributed by atoms with Gasteiger partial charge in [0.25, 0.3) is 0 Å². The van der Waals surface area contributed by atoms with Gasteiger partial charge in [-0.25, -0.2) is 4.98 Å². The van der Waals surface area contributed by atoms with Gasteiger partial charge >= 0.3 is 0 Å². The molecule has 1 amide bonds. The molecule has 4 nitrogen and oxygen atoms in total. The van der Waals surface area contributed by atoms with Crippen LogP contribution in [0.1, 0.15) is 6.42 Å². The quantitative estimate of drug-likeness (QED) is 0.827. The van der Waals surface area contributed by atoms with Crippen LogP contribution in [0.2, 0.25) is 0 Å². The molecule has 16 heavy (non-hydrogen) atoms. The van der Waals surface area contributed by atoms with E-state index in [-0.39, 0.29) is 5.91 Å². The van der Waals surface area contributed by atoms with Crippen LogP contribution >= 0.6 is 11.8 Å². The Balaban J connectivity index is 1.80. The van der Waals surface area contributed by atoms with E-state index in [1.807, 2.05) is 23.9 Å². The topological polar surface area (TPSA) is 54.0 Å². The average molecular weight is 237 g/mol. The van der Waals surface area contributed by atoms with Crippen LogP contribution in [0.5, 0.6) is 0 Å². The number of hydrogen-bond donors (Lipinski definition) is 2. The molecule has 86 valence electrons. The third-order valence-corrected chi connectivity index (χ3v) is 3.49. The maximum absolute atomic E-state index is 11.7. The summed E-state index contributed by atoms with van der Waals surface area (Å²) in [7, 11) is 0. The second kappa shape index (κ2) is 5.86. The van der Waals surface area contributed by atoms with Crippen LogP contribution in [0.15, 0.2) is 24.4 Å². The van der Waals surface area contributed by atoms with E-state index >= 15 is 0 Å². The molecule has 1 aliphatic rings. The molecule has 0 bridgehead atoms. The number of carbonyl (C=O) groups is 1. The highest BCUT2D eigenvalue weighted by molar-refractivity contribution is 7.99. The number of carbonyl (C=O) groups excluding carboxylic acids is 1. The highest BCUT2D eigenvalue weighted by Crippen LogP contribution is 2.11. The Bertz CT molecular complexity index is 338. The lowest BCUT2D eigenvalue weighted by molar-refractivity contribution is -0.116. The molecule has 2 heterocycles. The van der Waals surface area contributed by atoms with E-state index in [0.717, 1.165) is 18.1 Å². The van der Waals surface area contributed by atoms with Crippen molar-refractivity contribution in [2.75, 3.05) is 23.4 Å². The molecular formula is C11H15N3OS. The lowest BCUT2D eigenvalue weighted by Crippen LogP contribution is -2.39. The molecule has 1 aliphatic heterocycles. The summed E-state index contributed by atoms with van der Waals surface area (Å²) < 4.78 is 0. The molecule has 1 aromatic heterocycles. The van der Waals surface area contributed by atoms with Crippen molar-refractivity contribution in [3.63, 3.8) is 0 Å². The minimum Gasteiger partial charge on any atom is -0.312 e. The first-order chi connectivity index (χ1) is 7.84. The fraction of sp³-hybridized carbons (Fsp3) is 0.455. The van der Waals surface area contributed by atoms with Crippen LogP contribution < -0.4 is 10.6 Å². The van der Waals surface area contributed by atoms with Crippen molar-refractivity contribution in [3.05, 3.63) is 24.4 Å².